The quantitative estimate of drug-likeness (QED) is 0.0338. The van der Waals surface area contributed by atoms with Gasteiger partial charge in [0.15, 0.2) is 0 Å². The fourth-order valence-electron chi connectivity index (χ4n) is 6.06. The summed E-state index contributed by atoms with van der Waals surface area (Å²) in [4.78, 5) is 24.3. The maximum absolute atomic E-state index is 12.3. The van der Waals surface area contributed by atoms with Gasteiger partial charge in [-0.15, -0.1) is 0 Å². The highest BCUT2D eigenvalue weighted by molar-refractivity contribution is 5.76. The van der Waals surface area contributed by atoms with Gasteiger partial charge in [-0.25, -0.2) is 0 Å². The summed E-state index contributed by atoms with van der Waals surface area (Å²) in [5.74, 6) is -0.145. The Morgan fingerprint density at radius 2 is 1.02 bits per heavy atom. The van der Waals surface area contributed by atoms with Gasteiger partial charge in [0.1, 0.15) is 0 Å². The minimum Gasteiger partial charge on any atom is -0.466 e. The van der Waals surface area contributed by atoms with Gasteiger partial charge in [-0.1, -0.05) is 172 Å². The second kappa shape index (κ2) is 39.9. The summed E-state index contributed by atoms with van der Waals surface area (Å²) in [7, 11) is 0. The van der Waals surface area contributed by atoms with Gasteiger partial charge in [0.2, 0.25) is 5.91 Å². The fraction of sp³-hybridized carbons (Fsp3) is 0.818. The normalized spacial score (nSPS) is 13.1. The number of aliphatic hydroxyl groups is 2. The molecule has 0 fully saturated rings. The van der Waals surface area contributed by atoms with E-state index in [-0.39, 0.29) is 18.5 Å². The maximum Gasteiger partial charge on any atom is 0.305 e. The van der Waals surface area contributed by atoms with Gasteiger partial charge in [0, 0.05) is 12.8 Å². The van der Waals surface area contributed by atoms with Crippen molar-refractivity contribution in [2.75, 3.05) is 13.2 Å². The lowest BCUT2D eigenvalue weighted by Crippen LogP contribution is -2.45. The Morgan fingerprint density at radius 1 is 0.560 bits per heavy atom. The van der Waals surface area contributed by atoms with E-state index in [1.54, 1.807) is 6.08 Å². The molecule has 6 heteroatoms. The highest BCUT2D eigenvalue weighted by atomic mass is 16.5. The molecule has 0 bridgehead atoms. The zero-order valence-corrected chi connectivity index (χ0v) is 32.9. The average molecular weight is 704 g/mol. The molecule has 0 radical (unpaired) electrons. The summed E-state index contributed by atoms with van der Waals surface area (Å²) in [6.45, 7) is 4.74. The van der Waals surface area contributed by atoms with Crippen LogP contribution in [0.15, 0.2) is 36.5 Å². The molecule has 0 rings (SSSR count). The van der Waals surface area contributed by atoms with Crippen molar-refractivity contribution in [1.82, 2.24) is 5.32 Å². The fourth-order valence-corrected chi connectivity index (χ4v) is 6.06. The van der Waals surface area contributed by atoms with Gasteiger partial charge in [-0.2, -0.15) is 0 Å². The zero-order valence-electron chi connectivity index (χ0n) is 32.9. The number of hydrogen-bond donors (Lipinski definition) is 3. The van der Waals surface area contributed by atoms with Crippen molar-refractivity contribution in [2.24, 2.45) is 0 Å². The molecular weight excluding hydrogens is 622 g/mol. The predicted molar refractivity (Wildman–Crippen MR) is 213 cm³/mol. The van der Waals surface area contributed by atoms with E-state index in [1.807, 2.05) is 6.08 Å². The third-order valence-corrected chi connectivity index (χ3v) is 9.41. The summed E-state index contributed by atoms with van der Waals surface area (Å²) >= 11 is 0. The number of hydrogen-bond acceptors (Lipinski definition) is 5. The van der Waals surface area contributed by atoms with Crippen LogP contribution in [0.2, 0.25) is 0 Å². The van der Waals surface area contributed by atoms with Gasteiger partial charge in [0.25, 0.3) is 0 Å². The molecule has 0 aromatic carbocycles. The molecule has 2 unspecified atom stereocenters. The number of nitrogens with one attached hydrogen (secondary N) is 1. The largest absolute Gasteiger partial charge is 0.466 e. The van der Waals surface area contributed by atoms with Gasteiger partial charge in [-0.3, -0.25) is 9.59 Å². The van der Waals surface area contributed by atoms with Crippen molar-refractivity contribution < 1.29 is 24.5 Å². The highest BCUT2D eigenvalue weighted by Gasteiger charge is 2.18. The zero-order chi connectivity index (χ0) is 36.6. The van der Waals surface area contributed by atoms with Crippen LogP contribution in [0.3, 0.4) is 0 Å². The summed E-state index contributed by atoms with van der Waals surface area (Å²) in [6.07, 6.45) is 45.5. The minimum absolute atomic E-state index is 0.0437. The van der Waals surface area contributed by atoms with Gasteiger partial charge in [0.05, 0.1) is 25.4 Å². The molecule has 292 valence electrons. The summed E-state index contributed by atoms with van der Waals surface area (Å²) in [5, 5.41) is 22.8. The standard InChI is InChI=1S/C44H81NO5/c1-3-5-7-9-11-13-15-16-17-18-22-26-30-34-38-44(49)50-39-35-31-27-23-19-21-25-29-33-37-43(48)45-41(40-46)42(47)36-32-28-24-20-14-12-10-8-6-4-2/h9,11,15-16,32,36,41-42,46-47H,3-8,10,12-14,17-31,33-35,37-40H2,1-2H3,(H,45,48)/b11-9-,16-15-,36-32+. The minimum atomic E-state index is -0.860. The van der Waals surface area contributed by atoms with Crippen LogP contribution in [0.1, 0.15) is 206 Å². The molecule has 0 aliphatic heterocycles. The third kappa shape index (κ3) is 35.9. The van der Waals surface area contributed by atoms with Crippen molar-refractivity contribution in [1.29, 1.82) is 0 Å². The van der Waals surface area contributed by atoms with E-state index in [1.165, 1.54) is 109 Å². The van der Waals surface area contributed by atoms with Crippen LogP contribution in [0.25, 0.3) is 0 Å². The molecule has 3 N–H and O–H groups in total. The number of aliphatic hydroxyl groups excluding tert-OH is 2. The van der Waals surface area contributed by atoms with E-state index in [0.29, 0.717) is 19.4 Å². The molecule has 2 atom stereocenters. The SMILES string of the molecule is CCCC/C=C\C/C=C\CCCCCCCC(=O)OCCCCCCCCCCCC(=O)NC(CO)C(O)/C=C/CCCCCCCCCC. The average Bonchev–Trinajstić information content (AvgIpc) is 3.11. The summed E-state index contributed by atoms with van der Waals surface area (Å²) in [6, 6.07) is -0.647. The first-order valence-corrected chi connectivity index (χ1v) is 21.3. The molecule has 0 aliphatic rings. The Morgan fingerprint density at radius 3 is 1.58 bits per heavy atom. The number of rotatable bonds is 38. The molecule has 1 amide bonds. The molecule has 0 aromatic rings. The van der Waals surface area contributed by atoms with Crippen molar-refractivity contribution in [3.05, 3.63) is 36.5 Å². The smallest absolute Gasteiger partial charge is 0.305 e. The van der Waals surface area contributed by atoms with E-state index in [0.717, 1.165) is 70.6 Å². The van der Waals surface area contributed by atoms with Crippen molar-refractivity contribution in [2.45, 2.75) is 219 Å². The summed E-state index contributed by atoms with van der Waals surface area (Å²) < 4.78 is 5.42. The van der Waals surface area contributed by atoms with Crippen LogP contribution in [0.4, 0.5) is 0 Å². The number of esters is 1. The van der Waals surface area contributed by atoms with Gasteiger partial charge < -0.3 is 20.3 Å². The summed E-state index contributed by atoms with van der Waals surface area (Å²) in [5.41, 5.74) is 0. The maximum atomic E-state index is 12.3. The van der Waals surface area contributed by atoms with Crippen LogP contribution >= 0.6 is 0 Å². The predicted octanol–water partition coefficient (Wildman–Crippen LogP) is 11.8. The Bertz CT molecular complexity index is 823. The first kappa shape index (κ1) is 48.1. The van der Waals surface area contributed by atoms with Crippen LogP contribution in [-0.2, 0) is 14.3 Å². The molecule has 6 nitrogen and oxygen atoms in total. The van der Waals surface area contributed by atoms with E-state index >= 15 is 0 Å². The molecule has 0 aromatic heterocycles. The molecular formula is C44H81NO5. The first-order chi connectivity index (χ1) is 24.5. The lowest BCUT2D eigenvalue weighted by Gasteiger charge is -2.20. The monoisotopic (exact) mass is 704 g/mol. The van der Waals surface area contributed by atoms with Crippen molar-refractivity contribution in [3.8, 4) is 0 Å². The van der Waals surface area contributed by atoms with E-state index in [2.05, 4.69) is 43.5 Å². The lowest BCUT2D eigenvalue weighted by atomic mass is 10.1. The lowest BCUT2D eigenvalue weighted by molar-refractivity contribution is -0.143. The number of allylic oxidation sites excluding steroid dienone is 5. The van der Waals surface area contributed by atoms with Crippen LogP contribution < -0.4 is 5.32 Å². The number of carbonyl (C=O) groups is 2. The van der Waals surface area contributed by atoms with Crippen molar-refractivity contribution in [3.63, 3.8) is 0 Å². The number of amides is 1. The number of unbranched alkanes of at least 4 members (excludes halogenated alkanes) is 23. The van der Waals surface area contributed by atoms with E-state index < -0.39 is 12.1 Å². The Balaban J connectivity index is 3.55. The van der Waals surface area contributed by atoms with Crippen LogP contribution in [0.5, 0.6) is 0 Å². The van der Waals surface area contributed by atoms with E-state index in [9.17, 15) is 19.8 Å². The Hall–Kier alpha value is -1.92. The van der Waals surface area contributed by atoms with Crippen LogP contribution in [-0.4, -0.2) is 47.4 Å². The molecule has 0 saturated heterocycles. The molecule has 0 spiro atoms. The van der Waals surface area contributed by atoms with Crippen LogP contribution in [0, 0.1) is 0 Å². The highest BCUT2D eigenvalue weighted by Crippen LogP contribution is 2.13. The first-order valence-electron chi connectivity index (χ1n) is 21.3. The van der Waals surface area contributed by atoms with Gasteiger partial charge >= 0.3 is 5.97 Å². The number of carbonyl (C=O) groups excluding carboxylic acids is 2. The molecule has 0 heterocycles. The van der Waals surface area contributed by atoms with Gasteiger partial charge in [-0.05, 0) is 57.8 Å². The topological polar surface area (TPSA) is 95.9 Å². The number of ether oxygens (including phenoxy) is 1. The second-order valence-corrected chi connectivity index (χ2v) is 14.3. The third-order valence-electron chi connectivity index (χ3n) is 9.41. The molecule has 0 saturated carbocycles. The van der Waals surface area contributed by atoms with E-state index in [4.69, 9.17) is 4.74 Å². The molecule has 0 aliphatic carbocycles. The van der Waals surface area contributed by atoms with Crippen molar-refractivity contribution >= 4 is 11.9 Å². The molecule has 50 heavy (non-hydrogen) atoms. The Labute approximate surface area is 309 Å². The Kier molecular flexibility index (Phi) is 38.3. The second-order valence-electron chi connectivity index (χ2n) is 14.3.